The van der Waals surface area contributed by atoms with Gasteiger partial charge in [-0.1, -0.05) is 12.1 Å². The summed E-state index contributed by atoms with van der Waals surface area (Å²) in [6.45, 7) is 2.00. The van der Waals surface area contributed by atoms with E-state index in [1.807, 2.05) is 24.3 Å². The number of benzene rings is 3. The maximum absolute atomic E-state index is 13.2. The molecule has 2 amide bonds. The van der Waals surface area contributed by atoms with Crippen molar-refractivity contribution < 1.29 is 14.7 Å². The number of phenolic OH excluding ortho intramolecular Hbond substituents is 1. The Hall–Kier alpha value is -3.34. The third-order valence-electron chi connectivity index (χ3n) is 5.44. The molecule has 0 saturated carbocycles. The summed E-state index contributed by atoms with van der Waals surface area (Å²) in [5, 5.41) is 11.2. The van der Waals surface area contributed by atoms with Gasteiger partial charge in [-0.2, -0.15) is 0 Å². The van der Waals surface area contributed by atoms with E-state index in [9.17, 15) is 14.7 Å². The van der Waals surface area contributed by atoms with E-state index in [2.05, 4.69) is 4.90 Å². The molecular formula is C22H18N2O3. The highest BCUT2D eigenvalue weighted by molar-refractivity contribution is 6.36. The molecule has 3 aromatic carbocycles. The minimum Gasteiger partial charge on any atom is -0.508 e. The molecule has 0 radical (unpaired) electrons. The predicted molar refractivity (Wildman–Crippen MR) is 105 cm³/mol. The van der Waals surface area contributed by atoms with Crippen LogP contribution in [-0.2, 0) is 0 Å². The third kappa shape index (κ3) is 2.31. The molecule has 1 fully saturated rings. The minimum absolute atomic E-state index is 0.0911. The van der Waals surface area contributed by atoms with Gasteiger partial charge in [0.15, 0.2) is 0 Å². The number of phenols is 1. The Balaban J connectivity index is 1.70. The van der Waals surface area contributed by atoms with Crippen LogP contribution in [0.25, 0.3) is 10.8 Å². The van der Waals surface area contributed by atoms with Crippen molar-refractivity contribution in [3.63, 3.8) is 0 Å². The van der Waals surface area contributed by atoms with Gasteiger partial charge in [0.25, 0.3) is 11.8 Å². The van der Waals surface area contributed by atoms with E-state index in [0.29, 0.717) is 16.8 Å². The Morgan fingerprint density at radius 3 is 2.15 bits per heavy atom. The van der Waals surface area contributed by atoms with Gasteiger partial charge >= 0.3 is 0 Å². The van der Waals surface area contributed by atoms with E-state index in [-0.39, 0.29) is 17.6 Å². The molecule has 1 N–H and O–H groups in total. The maximum Gasteiger partial charge on any atom is 0.265 e. The van der Waals surface area contributed by atoms with Gasteiger partial charge in [-0.05, 0) is 55.3 Å². The summed E-state index contributed by atoms with van der Waals surface area (Å²) in [5.41, 5.74) is 2.62. The van der Waals surface area contributed by atoms with E-state index < -0.39 is 0 Å². The maximum atomic E-state index is 13.2. The van der Waals surface area contributed by atoms with Crippen LogP contribution < -0.4 is 9.80 Å². The topological polar surface area (TPSA) is 60.9 Å². The van der Waals surface area contributed by atoms with Crippen molar-refractivity contribution in [3.05, 3.63) is 65.7 Å². The molecule has 5 nitrogen and oxygen atoms in total. The zero-order valence-corrected chi connectivity index (χ0v) is 14.7. The summed E-state index contributed by atoms with van der Waals surface area (Å²) in [4.78, 5) is 29.8. The van der Waals surface area contributed by atoms with E-state index in [4.69, 9.17) is 0 Å². The summed E-state index contributed by atoms with van der Waals surface area (Å²) in [6.07, 6.45) is 2.32. The second-order valence-electron chi connectivity index (χ2n) is 7.02. The molecule has 0 unspecified atom stereocenters. The van der Waals surface area contributed by atoms with E-state index in [1.54, 1.807) is 18.2 Å². The quantitative estimate of drug-likeness (QED) is 0.705. The number of hydrogen-bond donors (Lipinski definition) is 1. The number of carbonyl (C=O) groups is 2. The number of imide groups is 1. The molecule has 0 bridgehead atoms. The Morgan fingerprint density at radius 1 is 0.778 bits per heavy atom. The van der Waals surface area contributed by atoms with Gasteiger partial charge in [-0.25, -0.2) is 4.90 Å². The Kier molecular flexibility index (Phi) is 3.44. The molecular weight excluding hydrogens is 340 g/mol. The SMILES string of the molecule is O=C1c2cccc3c(N4CCCC4)ccc(c23)C(=O)N1c1ccc(O)cc1. The van der Waals surface area contributed by atoms with Gasteiger partial charge < -0.3 is 10.0 Å². The zero-order valence-electron chi connectivity index (χ0n) is 14.7. The second kappa shape index (κ2) is 5.84. The van der Waals surface area contributed by atoms with Crippen molar-refractivity contribution in [1.82, 2.24) is 0 Å². The molecule has 2 heterocycles. The first-order chi connectivity index (χ1) is 13.1. The monoisotopic (exact) mass is 358 g/mol. The second-order valence-corrected chi connectivity index (χ2v) is 7.02. The largest absolute Gasteiger partial charge is 0.508 e. The number of anilines is 2. The van der Waals surface area contributed by atoms with Gasteiger partial charge in [-0.15, -0.1) is 0 Å². The van der Waals surface area contributed by atoms with Crippen LogP contribution in [0.2, 0.25) is 0 Å². The highest BCUT2D eigenvalue weighted by Crippen LogP contribution is 2.38. The smallest absolute Gasteiger partial charge is 0.265 e. The van der Waals surface area contributed by atoms with Gasteiger partial charge in [0.05, 0.1) is 5.69 Å². The lowest BCUT2D eigenvalue weighted by Crippen LogP contribution is -2.40. The van der Waals surface area contributed by atoms with E-state index >= 15 is 0 Å². The number of hydrogen-bond acceptors (Lipinski definition) is 4. The summed E-state index contributed by atoms with van der Waals surface area (Å²) in [7, 11) is 0. The molecule has 5 heteroatoms. The fourth-order valence-electron chi connectivity index (χ4n) is 4.15. The van der Waals surface area contributed by atoms with E-state index in [0.717, 1.165) is 42.4 Å². The fraction of sp³-hybridized carbons (Fsp3) is 0.182. The fourth-order valence-corrected chi connectivity index (χ4v) is 4.15. The zero-order chi connectivity index (χ0) is 18.5. The molecule has 0 spiro atoms. The van der Waals surface area contributed by atoms with Crippen LogP contribution >= 0.6 is 0 Å². The first kappa shape index (κ1) is 15.9. The molecule has 0 aromatic heterocycles. The van der Waals surface area contributed by atoms with Gasteiger partial charge in [0.2, 0.25) is 0 Å². The Labute approximate surface area is 156 Å². The van der Waals surface area contributed by atoms with Gasteiger partial charge in [0, 0.05) is 40.7 Å². The first-order valence-electron chi connectivity index (χ1n) is 9.13. The standard InChI is InChI=1S/C22H18N2O3/c25-15-8-6-14(7-9-15)24-21(26)17-5-3-4-16-19(23-12-1-2-13-23)11-10-18(20(16)17)22(24)27/h3-11,25H,1-2,12-13H2. The minimum atomic E-state index is -0.331. The van der Waals surface area contributed by atoms with E-state index in [1.165, 1.54) is 17.0 Å². The van der Waals surface area contributed by atoms with Crippen molar-refractivity contribution >= 4 is 34.0 Å². The van der Waals surface area contributed by atoms with Crippen molar-refractivity contribution in [1.29, 1.82) is 0 Å². The van der Waals surface area contributed by atoms with Crippen LogP contribution in [-0.4, -0.2) is 30.0 Å². The third-order valence-corrected chi connectivity index (χ3v) is 5.44. The molecule has 1 saturated heterocycles. The summed E-state index contributed by atoms with van der Waals surface area (Å²) in [6, 6.07) is 15.6. The van der Waals surface area contributed by atoms with Gasteiger partial charge in [0.1, 0.15) is 5.75 Å². The summed E-state index contributed by atoms with van der Waals surface area (Å²) in [5.74, 6) is -0.571. The molecule has 27 heavy (non-hydrogen) atoms. The van der Waals surface area contributed by atoms with Crippen LogP contribution in [0.5, 0.6) is 5.75 Å². The Bertz CT molecular complexity index is 1060. The van der Waals surface area contributed by atoms with Crippen LogP contribution in [0.15, 0.2) is 54.6 Å². The van der Waals surface area contributed by atoms with Crippen LogP contribution in [0.4, 0.5) is 11.4 Å². The Morgan fingerprint density at radius 2 is 1.44 bits per heavy atom. The lowest BCUT2D eigenvalue weighted by atomic mass is 9.92. The van der Waals surface area contributed by atoms with Crippen LogP contribution in [0, 0.1) is 0 Å². The molecule has 0 aliphatic carbocycles. The normalized spacial score (nSPS) is 16.4. The summed E-state index contributed by atoms with van der Waals surface area (Å²) < 4.78 is 0. The van der Waals surface area contributed by atoms with Crippen LogP contribution in [0.3, 0.4) is 0 Å². The van der Waals surface area contributed by atoms with Crippen LogP contribution in [0.1, 0.15) is 33.6 Å². The molecule has 5 rings (SSSR count). The highest BCUT2D eigenvalue weighted by Gasteiger charge is 2.34. The van der Waals surface area contributed by atoms with Gasteiger partial charge in [-0.3, -0.25) is 9.59 Å². The molecule has 0 atom stereocenters. The summed E-state index contributed by atoms with van der Waals surface area (Å²) >= 11 is 0. The number of rotatable bonds is 2. The number of nitrogens with zero attached hydrogens (tertiary/aromatic N) is 2. The number of amides is 2. The van der Waals surface area contributed by atoms with Crippen molar-refractivity contribution in [2.45, 2.75) is 12.8 Å². The highest BCUT2D eigenvalue weighted by atomic mass is 16.3. The molecule has 2 aliphatic heterocycles. The molecule has 3 aromatic rings. The van der Waals surface area contributed by atoms with Crippen molar-refractivity contribution in [3.8, 4) is 5.75 Å². The first-order valence-corrected chi connectivity index (χ1v) is 9.13. The molecule has 2 aliphatic rings. The lowest BCUT2D eigenvalue weighted by Gasteiger charge is -2.29. The number of aromatic hydroxyl groups is 1. The van der Waals surface area contributed by atoms with Crippen molar-refractivity contribution in [2.75, 3.05) is 22.9 Å². The molecule has 134 valence electrons. The van der Waals surface area contributed by atoms with Crippen molar-refractivity contribution in [2.24, 2.45) is 0 Å². The average Bonchev–Trinajstić information content (AvgIpc) is 3.22. The number of carbonyl (C=O) groups excluding carboxylic acids is 2. The lowest BCUT2D eigenvalue weighted by molar-refractivity contribution is 0.0893. The predicted octanol–water partition coefficient (Wildman–Crippen LogP) is 3.95. The average molecular weight is 358 g/mol.